The Morgan fingerprint density at radius 1 is 0.593 bits per heavy atom. The first-order chi connectivity index (χ1) is 13.3. The minimum absolute atomic E-state index is 0.0403. The molecule has 0 rings (SSSR count). The minimum Gasteiger partial charge on any atom is -0.466 e. The number of ether oxygens (including phenoxy) is 1. The van der Waals surface area contributed by atoms with E-state index in [2.05, 4.69) is 22.9 Å². The van der Waals surface area contributed by atoms with Crippen molar-refractivity contribution in [3.63, 3.8) is 0 Å². The highest BCUT2D eigenvalue weighted by Crippen LogP contribution is 2.14. The fourth-order valence-electron chi connectivity index (χ4n) is 3.47. The van der Waals surface area contributed by atoms with E-state index in [0.29, 0.717) is 13.0 Å². The summed E-state index contributed by atoms with van der Waals surface area (Å²) in [5.41, 5.74) is 0. The molecule has 0 saturated carbocycles. The van der Waals surface area contributed by atoms with E-state index >= 15 is 0 Å². The monoisotopic (exact) mass is 446 g/mol. The molecule has 0 radical (unpaired) electrons. The summed E-state index contributed by atoms with van der Waals surface area (Å²) in [5, 5.41) is 0.876. The van der Waals surface area contributed by atoms with E-state index in [4.69, 9.17) is 4.74 Å². The Labute approximate surface area is 178 Å². The molecule has 0 N–H and O–H groups in total. The first kappa shape index (κ1) is 27.0. The highest BCUT2D eigenvalue weighted by Gasteiger charge is 2.01. The fourth-order valence-corrected chi connectivity index (χ4v) is 3.75. The molecule has 0 aliphatic rings. The lowest BCUT2D eigenvalue weighted by Crippen LogP contribution is -2.05. The predicted octanol–water partition coefficient (Wildman–Crippen LogP) is 8.75. The Morgan fingerprint density at radius 2 is 0.963 bits per heavy atom. The van der Waals surface area contributed by atoms with Crippen LogP contribution in [0.2, 0.25) is 0 Å². The van der Waals surface area contributed by atoms with Crippen molar-refractivity contribution in [2.75, 3.05) is 11.9 Å². The lowest BCUT2D eigenvalue weighted by atomic mass is 10.0. The summed E-state index contributed by atoms with van der Waals surface area (Å²) in [5.74, 6) is -0.0403. The van der Waals surface area contributed by atoms with Crippen molar-refractivity contribution in [2.24, 2.45) is 0 Å². The topological polar surface area (TPSA) is 26.3 Å². The molecule has 0 atom stereocenters. The molecule has 0 bridgehead atoms. The SMILES string of the molecule is CCCCCCCCCCCCCCCCCCCCOC(=O)CCCBr. The Bertz CT molecular complexity index is 294. The van der Waals surface area contributed by atoms with Crippen LogP contribution in [0.4, 0.5) is 0 Å². The summed E-state index contributed by atoms with van der Waals surface area (Å²) >= 11 is 3.33. The minimum atomic E-state index is -0.0403. The van der Waals surface area contributed by atoms with E-state index in [1.807, 2.05) is 0 Å². The third-order valence-electron chi connectivity index (χ3n) is 5.28. The lowest BCUT2D eigenvalue weighted by Gasteiger charge is -2.05. The zero-order valence-electron chi connectivity index (χ0n) is 18.3. The molecular weight excluding hydrogens is 400 g/mol. The van der Waals surface area contributed by atoms with Crippen LogP contribution in [0.1, 0.15) is 135 Å². The molecule has 0 aromatic carbocycles. The van der Waals surface area contributed by atoms with Gasteiger partial charge >= 0.3 is 5.97 Å². The third kappa shape index (κ3) is 23.9. The summed E-state index contributed by atoms with van der Waals surface area (Å²) in [6, 6.07) is 0. The predicted molar refractivity (Wildman–Crippen MR) is 123 cm³/mol. The van der Waals surface area contributed by atoms with Crippen molar-refractivity contribution < 1.29 is 9.53 Å². The van der Waals surface area contributed by atoms with Crippen molar-refractivity contribution in [3.05, 3.63) is 0 Å². The number of esters is 1. The maximum absolute atomic E-state index is 11.3. The van der Waals surface area contributed by atoms with Gasteiger partial charge in [0.2, 0.25) is 0 Å². The molecule has 3 heteroatoms. The van der Waals surface area contributed by atoms with E-state index in [0.717, 1.165) is 18.2 Å². The highest BCUT2D eigenvalue weighted by atomic mass is 79.9. The number of rotatable bonds is 22. The van der Waals surface area contributed by atoms with Gasteiger partial charge in [0.15, 0.2) is 0 Å². The van der Waals surface area contributed by atoms with Gasteiger partial charge in [0, 0.05) is 11.8 Å². The molecule has 27 heavy (non-hydrogen) atoms. The molecule has 0 unspecified atom stereocenters. The maximum atomic E-state index is 11.3. The normalized spacial score (nSPS) is 11.0. The Morgan fingerprint density at radius 3 is 1.33 bits per heavy atom. The summed E-state index contributed by atoms with van der Waals surface area (Å²) in [6.45, 7) is 2.90. The van der Waals surface area contributed by atoms with Crippen molar-refractivity contribution in [1.29, 1.82) is 0 Å². The van der Waals surface area contributed by atoms with Gasteiger partial charge in [0.1, 0.15) is 0 Å². The molecule has 0 spiro atoms. The average Bonchev–Trinajstić information content (AvgIpc) is 2.68. The molecule has 2 nitrogen and oxygen atoms in total. The molecule has 162 valence electrons. The Balaban J connectivity index is 3.04. The van der Waals surface area contributed by atoms with Gasteiger partial charge in [-0.1, -0.05) is 132 Å². The Hall–Kier alpha value is -0.0500. The Kier molecular flexibility index (Phi) is 23.9. The van der Waals surface area contributed by atoms with Crippen LogP contribution in [0.15, 0.2) is 0 Å². The smallest absolute Gasteiger partial charge is 0.305 e. The highest BCUT2D eigenvalue weighted by molar-refractivity contribution is 9.09. The number of unbranched alkanes of at least 4 members (excludes halogenated alkanes) is 17. The molecule has 0 heterocycles. The summed E-state index contributed by atoms with van der Waals surface area (Å²) < 4.78 is 5.21. The molecular formula is C24H47BrO2. The van der Waals surface area contributed by atoms with E-state index in [1.54, 1.807) is 0 Å². The third-order valence-corrected chi connectivity index (χ3v) is 5.84. The quantitative estimate of drug-likeness (QED) is 0.0942. The molecule has 0 aliphatic carbocycles. The van der Waals surface area contributed by atoms with Crippen LogP contribution in [0, 0.1) is 0 Å². The van der Waals surface area contributed by atoms with Crippen LogP contribution in [-0.4, -0.2) is 17.9 Å². The molecule has 0 fully saturated rings. The number of hydrogen-bond donors (Lipinski definition) is 0. The van der Waals surface area contributed by atoms with E-state index in [1.165, 1.54) is 109 Å². The van der Waals surface area contributed by atoms with Gasteiger partial charge in [-0.25, -0.2) is 0 Å². The van der Waals surface area contributed by atoms with E-state index in [9.17, 15) is 4.79 Å². The van der Waals surface area contributed by atoms with Gasteiger partial charge in [-0.3, -0.25) is 4.79 Å². The number of alkyl halides is 1. The van der Waals surface area contributed by atoms with Crippen LogP contribution in [0.5, 0.6) is 0 Å². The summed E-state index contributed by atoms with van der Waals surface area (Å²) in [6.07, 6.45) is 26.3. The molecule has 0 aromatic rings. The van der Waals surface area contributed by atoms with Crippen LogP contribution < -0.4 is 0 Å². The van der Waals surface area contributed by atoms with Crippen molar-refractivity contribution in [1.82, 2.24) is 0 Å². The molecule has 0 saturated heterocycles. The maximum Gasteiger partial charge on any atom is 0.305 e. The number of carbonyl (C=O) groups excluding carboxylic acids is 1. The number of halogens is 1. The van der Waals surface area contributed by atoms with Crippen molar-refractivity contribution >= 4 is 21.9 Å². The summed E-state index contributed by atoms with van der Waals surface area (Å²) in [4.78, 5) is 11.3. The molecule has 0 amide bonds. The zero-order valence-corrected chi connectivity index (χ0v) is 19.8. The van der Waals surface area contributed by atoms with Gasteiger partial charge in [-0.2, -0.15) is 0 Å². The van der Waals surface area contributed by atoms with Gasteiger partial charge in [-0.05, 0) is 12.8 Å². The first-order valence-corrected chi connectivity index (χ1v) is 13.1. The van der Waals surface area contributed by atoms with Gasteiger partial charge < -0.3 is 4.74 Å². The van der Waals surface area contributed by atoms with Crippen LogP contribution in [-0.2, 0) is 9.53 Å². The van der Waals surface area contributed by atoms with Crippen LogP contribution >= 0.6 is 15.9 Å². The molecule has 0 aliphatic heterocycles. The second kappa shape index (κ2) is 24.0. The fraction of sp³-hybridized carbons (Fsp3) is 0.958. The van der Waals surface area contributed by atoms with Gasteiger partial charge in [0.25, 0.3) is 0 Å². The lowest BCUT2D eigenvalue weighted by molar-refractivity contribution is -0.143. The van der Waals surface area contributed by atoms with Crippen LogP contribution in [0.3, 0.4) is 0 Å². The number of carbonyl (C=O) groups is 1. The van der Waals surface area contributed by atoms with E-state index in [-0.39, 0.29) is 5.97 Å². The molecule has 0 aromatic heterocycles. The second-order valence-electron chi connectivity index (χ2n) is 8.02. The van der Waals surface area contributed by atoms with Gasteiger partial charge in [-0.15, -0.1) is 0 Å². The average molecular weight is 448 g/mol. The summed E-state index contributed by atoms with van der Waals surface area (Å²) in [7, 11) is 0. The van der Waals surface area contributed by atoms with E-state index < -0.39 is 0 Å². The van der Waals surface area contributed by atoms with Crippen LogP contribution in [0.25, 0.3) is 0 Å². The largest absolute Gasteiger partial charge is 0.466 e. The van der Waals surface area contributed by atoms with Crippen molar-refractivity contribution in [2.45, 2.75) is 135 Å². The second-order valence-corrected chi connectivity index (χ2v) is 8.82. The van der Waals surface area contributed by atoms with Crippen molar-refractivity contribution in [3.8, 4) is 0 Å². The zero-order chi connectivity index (χ0) is 19.8. The first-order valence-electron chi connectivity index (χ1n) is 12.0. The number of hydrogen-bond acceptors (Lipinski definition) is 2. The van der Waals surface area contributed by atoms with Gasteiger partial charge in [0.05, 0.1) is 6.61 Å². The standard InChI is InChI=1S/C24H47BrO2/c1-2-3-4-5-6-7-8-9-10-11-12-13-14-15-16-17-18-19-23-27-24(26)21-20-22-25/h2-23H2,1H3.